The molecule has 0 bridgehead atoms. The maximum absolute atomic E-state index is 12.9. The van der Waals surface area contributed by atoms with E-state index in [1.165, 1.54) is 0 Å². The second kappa shape index (κ2) is 5.60. The lowest BCUT2D eigenvalue weighted by Gasteiger charge is -2.09. The van der Waals surface area contributed by atoms with Crippen LogP contribution < -0.4 is 10.6 Å². The van der Waals surface area contributed by atoms with Gasteiger partial charge < -0.3 is 10.6 Å². The van der Waals surface area contributed by atoms with Crippen molar-refractivity contribution in [3.63, 3.8) is 0 Å². The summed E-state index contributed by atoms with van der Waals surface area (Å²) >= 11 is 0. The molecule has 17 heavy (non-hydrogen) atoms. The fourth-order valence-corrected chi connectivity index (χ4v) is 0.924. The van der Waals surface area contributed by atoms with E-state index in [0.717, 1.165) is 6.42 Å². The van der Waals surface area contributed by atoms with Gasteiger partial charge >= 0.3 is 12.3 Å². The summed E-state index contributed by atoms with van der Waals surface area (Å²) in [5.41, 5.74) is 0. The third-order valence-corrected chi connectivity index (χ3v) is 1.59. The van der Waals surface area contributed by atoms with E-state index in [0.29, 0.717) is 6.54 Å². The molecule has 1 aromatic rings. The van der Waals surface area contributed by atoms with Gasteiger partial charge in [0.15, 0.2) is 0 Å². The van der Waals surface area contributed by atoms with Gasteiger partial charge in [-0.1, -0.05) is 6.92 Å². The van der Waals surface area contributed by atoms with Crippen molar-refractivity contribution in [1.82, 2.24) is 15.0 Å². The Morgan fingerprint density at radius 1 is 1.06 bits per heavy atom. The normalized spacial score (nSPS) is 11.4. The first-order valence-electron chi connectivity index (χ1n) is 4.87. The minimum atomic E-state index is -4.42. The molecule has 1 aromatic heterocycles. The monoisotopic (exact) mass is 253 g/mol. The Kier molecular flexibility index (Phi) is 4.41. The maximum atomic E-state index is 12.9. The number of anilines is 2. The Bertz CT molecular complexity index is 367. The SMILES string of the molecule is CCCNc1nc(F)nc(NCC(F)(F)F)n1. The Morgan fingerprint density at radius 2 is 1.65 bits per heavy atom. The molecule has 0 aliphatic carbocycles. The van der Waals surface area contributed by atoms with Crippen molar-refractivity contribution < 1.29 is 17.6 Å². The van der Waals surface area contributed by atoms with Crippen molar-refractivity contribution in [2.24, 2.45) is 0 Å². The third-order valence-electron chi connectivity index (χ3n) is 1.59. The number of aromatic nitrogens is 3. The molecule has 0 unspecified atom stereocenters. The smallest absolute Gasteiger partial charge is 0.354 e. The lowest BCUT2D eigenvalue weighted by Crippen LogP contribution is -2.23. The number of nitrogens with zero attached hydrogens (tertiary/aromatic N) is 3. The number of hydrogen-bond acceptors (Lipinski definition) is 5. The molecular formula is C8H11F4N5. The van der Waals surface area contributed by atoms with E-state index >= 15 is 0 Å². The second-order valence-corrected chi connectivity index (χ2v) is 3.15. The van der Waals surface area contributed by atoms with Crippen LogP contribution in [0.15, 0.2) is 0 Å². The van der Waals surface area contributed by atoms with Crippen LogP contribution in [0.25, 0.3) is 0 Å². The van der Waals surface area contributed by atoms with Crippen LogP contribution in [-0.4, -0.2) is 34.2 Å². The topological polar surface area (TPSA) is 62.7 Å². The summed E-state index contributed by atoms with van der Waals surface area (Å²) in [6.45, 7) is 1.03. The molecule has 1 heterocycles. The molecule has 0 fully saturated rings. The van der Waals surface area contributed by atoms with Crippen molar-refractivity contribution in [2.75, 3.05) is 23.7 Å². The zero-order valence-electron chi connectivity index (χ0n) is 8.97. The van der Waals surface area contributed by atoms with Gasteiger partial charge in [-0.05, 0) is 6.42 Å². The Morgan fingerprint density at radius 3 is 2.18 bits per heavy atom. The van der Waals surface area contributed by atoms with E-state index in [1.807, 2.05) is 12.2 Å². The van der Waals surface area contributed by atoms with Crippen molar-refractivity contribution >= 4 is 11.9 Å². The minimum absolute atomic E-state index is 0.0935. The maximum Gasteiger partial charge on any atom is 0.405 e. The molecule has 0 spiro atoms. The minimum Gasteiger partial charge on any atom is -0.354 e. The molecule has 5 nitrogen and oxygen atoms in total. The summed E-state index contributed by atoms with van der Waals surface area (Å²) < 4.78 is 48.6. The summed E-state index contributed by atoms with van der Waals surface area (Å²) in [6.07, 6.45) is -4.80. The molecule has 0 radical (unpaired) electrons. The Hall–Kier alpha value is -1.67. The second-order valence-electron chi connectivity index (χ2n) is 3.15. The highest BCUT2D eigenvalue weighted by Gasteiger charge is 2.27. The van der Waals surface area contributed by atoms with E-state index in [9.17, 15) is 17.6 Å². The van der Waals surface area contributed by atoms with E-state index in [2.05, 4.69) is 20.3 Å². The van der Waals surface area contributed by atoms with Gasteiger partial charge in [0.1, 0.15) is 6.54 Å². The van der Waals surface area contributed by atoms with Gasteiger partial charge in [0.2, 0.25) is 11.9 Å². The summed E-state index contributed by atoms with van der Waals surface area (Å²) in [7, 11) is 0. The van der Waals surface area contributed by atoms with Gasteiger partial charge in [-0.15, -0.1) is 0 Å². The zero-order valence-corrected chi connectivity index (χ0v) is 8.97. The molecule has 1 rings (SSSR count). The van der Waals surface area contributed by atoms with Crippen molar-refractivity contribution in [3.8, 4) is 0 Å². The first-order chi connectivity index (χ1) is 7.90. The van der Waals surface area contributed by atoms with Gasteiger partial charge in [-0.3, -0.25) is 0 Å². The lowest BCUT2D eigenvalue weighted by atomic mass is 10.5. The van der Waals surface area contributed by atoms with Crippen molar-refractivity contribution in [2.45, 2.75) is 19.5 Å². The van der Waals surface area contributed by atoms with Gasteiger partial charge in [0.05, 0.1) is 0 Å². The summed E-state index contributed by atoms with van der Waals surface area (Å²) in [5.74, 6) is -0.544. The number of rotatable bonds is 5. The van der Waals surface area contributed by atoms with Crippen LogP contribution in [-0.2, 0) is 0 Å². The summed E-state index contributed by atoms with van der Waals surface area (Å²) in [6, 6.07) is 0. The first kappa shape index (κ1) is 13.4. The average Bonchev–Trinajstić information content (AvgIpc) is 2.22. The molecule has 0 amide bonds. The van der Waals surface area contributed by atoms with Crippen LogP contribution in [0.5, 0.6) is 0 Å². The Balaban J connectivity index is 2.68. The van der Waals surface area contributed by atoms with Gasteiger partial charge in [0, 0.05) is 6.54 Å². The standard InChI is InChI=1S/C8H11F4N5/c1-2-3-13-6-15-5(9)16-7(17-6)14-4-8(10,11)12/h2-4H2,1H3,(H2,13,14,15,16,17). The van der Waals surface area contributed by atoms with Crippen LogP contribution in [0.3, 0.4) is 0 Å². The van der Waals surface area contributed by atoms with E-state index < -0.39 is 24.7 Å². The highest BCUT2D eigenvalue weighted by molar-refractivity contribution is 5.32. The molecule has 0 aliphatic rings. The number of halogens is 4. The lowest BCUT2D eigenvalue weighted by molar-refractivity contribution is -0.115. The van der Waals surface area contributed by atoms with Gasteiger partial charge in [-0.25, -0.2) is 0 Å². The summed E-state index contributed by atoms with van der Waals surface area (Å²) in [5, 5.41) is 4.52. The average molecular weight is 253 g/mol. The molecular weight excluding hydrogens is 242 g/mol. The highest BCUT2D eigenvalue weighted by Crippen LogP contribution is 2.15. The molecule has 2 N–H and O–H groups in total. The van der Waals surface area contributed by atoms with Crippen LogP contribution in [0.1, 0.15) is 13.3 Å². The van der Waals surface area contributed by atoms with Gasteiger partial charge in [0.25, 0.3) is 0 Å². The van der Waals surface area contributed by atoms with Crippen LogP contribution in [0, 0.1) is 6.08 Å². The molecule has 0 aliphatic heterocycles. The molecule has 0 saturated heterocycles. The molecule has 9 heteroatoms. The first-order valence-corrected chi connectivity index (χ1v) is 4.87. The van der Waals surface area contributed by atoms with E-state index in [1.54, 1.807) is 0 Å². The molecule has 0 saturated carbocycles. The molecule has 96 valence electrons. The van der Waals surface area contributed by atoms with Crippen molar-refractivity contribution in [1.29, 1.82) is 0 Å². The fourth-order valence-electron chi connectivity index (χ4n) is 0.924. The zero-order chi connectivity index (χ0) is 12.9. The van der Waals surface area contributed by atoms with Crippen molar-refractivity contribution in [3.05, 3.63) is 6.08 Å². The molecule has 0 atom stereocenters. The predicted molar refractivity (Wildman–Crippen MR) is 53.1 cm³/mol. The quantitative estimate of drug-likeness (QED) is 0.783. The fraction of sp³-hybridized carbons (Fsp3) is 0.625. The number of alkyl halides is 3. The third kappa shape index (κ3) is 5.27. The van der Waals surface area contributed by atoms with E-state index in [4.69, 9.17) is 0 Å². The number of nitrogens with one attached hydrogen (secondary N) is 2. The van der Waals surface area contributed by atoms with Crippen LogP contribution in [0.4, 0.5) is 29.5 Å². The molecule has 0 aromatic carbocycles. The van der Waals surface area contributed by atoms with E-state index in [-0.39, 0.29) is 5.95 Å². The number of hydrogen-bond donors (Lipinski definition) is 2. The van der Waals surface area contributed by atoms with Crippen LogP contribution >= 0.6 is 0 Å². The van der Waals surface area contributed by atoms with Crippen LogP contribution in [0.2, 0.25) is 0 Å². The largest absolute Gasteiger partial charge is 0.405 e. The Labute approximate surface area is 94.7 Å². The van der Waals surface area contributed by atoms with Gasteiger partial charge in [-0.2, -0.15) is 32.5 Å². The predicted octanol–water partition coefficient (Wildman–Crippen LogP) is 1.81. The highest BCUT2D eigenvalue weighted by atomic mass is 19.4. The summed E-state index contributed by atoms with van der Waals surface area (Å²) in [4.78, 5) is 9.99.